The molecule has 0 spiro atoms. The van der Waals surface area contributed by atoms with Crippen molar-refractivity contribution in [1.82, 2.24) is 25.2 Å². The first-order chi connectivity index (χ1) is 10.0. The molecule has 2 N–H and O–H groups in total. The zero-order valence-corrected chi connectivity index (χ0v) is 12.0. The number of likely N-dealkylation sites (tertiary alicyclic amines) is 1. The van der Waals surface area contributed by atoms with Crippen LogP contribution in [0.4, 0.5) is 4.79 Å². The number of carboxylic acid groups (broad SMARTS) is 1. The van der Waals surface area contributed by atoms with Gasteiger partial charge in [-0.05, 0) is 6.42 Å². The molecule has 1 aliphatic rings. The van der Waals surface area contributed by atoms with Crippen LogP contribution in [0.15, 0.2) is 6.20 Å². The van der Waals surface area contributed by atoms with Crippen LogP contribution in [0.5, 0.6) is 0 Å². The fourth-order valence-electron chi connectivity index (χ4n) is 2.07. The average Bonchev–Trinajstić information content (AvgIpc) is 2.86. The Morgan fingerprint density at radius 3 is 2.81 bits per heavy atom. The van der Waals surface area contributed by atoms with Crippen LogP contribution < -0.4 is 5.32 Å². The standard InChI is InChI=1S/C12H19N5O4/c1-3-8(7-21-2)13-12(20)16-4-9(5-16)17-6-10(11(18)19)14-15-17/h6,8-9H,3-5,7H2,1-2H3,(H,13,20)(H,18,19). The predicted octanol–water partition coefficient (Wildman–Crippen LogP) is -0.0324. The highest BCUT2D eigenvalue weighted by molar-refractivity contribution is 5.84. The highest BCUT2D eigenvalue weighted by Gasteiger charge is 2.33. The Morgan fingerprint density at radius 1 is 1.57 bits per heavy atom. The maximum atomic E-state index is 12.0. The zero-order valence-electron chi connectivity index (χ0n) is 12.0. The molecule has 9 nitrogen and oxygen atoms in total. The third-order valence-electron chi connectivity index (χ3n) is 3.44. The Hall–Kier alpha value is -2.16. The highest BCUT2D eigenvalue weighted by Crippen LogP contribution is 2.20. The number of rotatable bonds is 6. The summed E-state index contributed by atoms with van der Waals surface area (Å²) in [4.78, 5) is 24.4. The van der Waals surface area contributed by atoms with Gasteiger partial charge in [-0.2, -0.15) is 0 Å². The molecule has 2 amide bonds. The van der Waals surface area contributed by atoms with Crippen LogP contribution in [0, 0.1) is 0 Å². The second kappa shape index (κ2) is 6.53. The molecule has 2 rings (SSSR count). The lowest BCUT2D eigenvalue weighted by atomic mass is 10.1. The van der Waals surface area contributed by atoms with E-state index < -0.39 is 5.97 Å². The van der Waals surface area contributed by atoms with Crippen molar-refractivity contribution in [3.8, 4) is 0 Å². The molecule has 1 fully saturated rings. The molecule has 0 saturated carbocycles. The number of hydrogen-bond acceptors (Lipinski definition) is 5. The van der Waals surface area contributed by atoms with Crippen molar-refractivity contribution < 1.29 is 19.4 Å². The molecule has 1 aliphatic heterocycles. The minimum Gasteiger partial charge on any atom is -0.476 e. The summed E-state index contributed by atoms with van der Waals surface area (Å²) < 4.78 is 6.52. The second-order valence-electron chi connectivity index (χ2n) is 4.96. The second-order valence-corrected chi connectivity index (χ2v) is 4.96. The molecule has 0 radical (unpaired) electrons. The number of hydrogen-bond donors (Lipinski definition) is 2. The minimum absolute atomic E-state index is 0.00784. The smallest absolute Gasteiger partial charge is 0.358 e. The van der Waals surface area contributed by atoms with Gasteiger partial charge in [0, 0.05) is 20.2 Å². The Balaban J connectivity index is 1.82. The van der Waals surface area contributed by atoms with Crippen molar-refractivity contribution >= 4 is 12.0 Å². The van der Waals surface area contributed by atoms with Crippen LogP contribution in [0.1, 0.15) is 29.9 Å². The molecule has 2 heterocycles. The number of methoxy groups -OCH3 is 1. The first-order valence-corrected chi connectivity index (χ1v) is 6.74. The van der Waals surface area contributed by atoms with Gasteiger partial charge in [-0.25, -0.2) is 14.3 Å². The summed E-state index contributed by atoms with van der Waals surface area (Å²) in [6.07, 6.45) is 2.17. The molecule has 1 saturated heterocycles. The first kappa shape index (κ1) is 15.2. The summed E-state index contributed by atoms with van der Waals surface area (Å²) in [7, 11) is 1.60. The van der Waals surface area contributed by atoms with Gasteiger partial charge < -0.3 is 20.1 Å². The van der Waals surface area contributed by atoms with Gasteiger partial charge in [-0.1, -0.05) is 12.1 Å². The van der Waals surface area contributed by atoms with Crippen LogP contribution in [-0.4, -0.2) is 69.8 Å². The lowest BCUT2D eigenvalue weighted by Gasteiger charge is -2.39. The highest BCUT2D eigenvalue weighted by atomic mass is 16.5. The van der Waals surface area contributed by atoms with Crippen molar-refractivity contribution in [1.29, 1.82) is 0 Å². The Labute approximate surface area is 121 Å². The van der Waals surface area contributed by atoms with Gasteiger partial charge in [-0.3, -0.25) is 0 Å². The molecule has 0 aromatic carbocycles. The van der Waals surface area contributed by atoms with Crippen molar-refractivity contribution in [2.75, 3.05) is 26.8 Å². The summed E-state index contributed by atoms with van der Waals surface area (Å²) in [5.41, 5.74) is -0.0935. The summed E-state index contributed by atoms with van der Waals surface area (Å²) in [6.45, 7) is 3.42. The molecule has 1 aromatic heterocycles. The van der Waals surface area contributed by atoms with Crippen LogP contribution in [0.3, 0.4) is 0 Å². The van der Waals surface area contributed by atoms with Gasteiger partial charge in [0.2, 0.25) is 0 Å². The summed E-state index contributed by atoms with van der Waals surface area (Å²) in [6, 6.07) is -0.181. The van der Waals surface area contributed by atoms with E-state index in [9.17, 15) is 9.59 Å². The topological polar surface area (TPSA) is 110 Å². The summed E-state index contributed by atoms with van der Waals surface area (Å²) in [5, 5.41) is 19.0. The number of carboxylic acids is 1. The van der Waals surface area contributed by atoms with Crippen molar-refractivity contribution in [2.24, 2.45) is 0 Å². The van der Waals surface area contributed by atoms with Gasteiger partial charge in [0.15, 0.2) is 5.69 Å². The van der Waals surface area contributed by atoms with E-state index in [2.05, 4.69) is 15.6 Å². The molecule has 116 valence electrons. The number of ether oxygens (including phenoxy) is 1. The van der Waals surface area contributed by atoms with E-state index in [1.807, 2.05) is 6.92 Å². The monoisotopic (exact) mass is 297 g/mol. The van der Waals surface area contributed by atoms with Crippen LogP contribution >= 0.6 is 0 Å². The zero-order chi connectivity index (χ0) is 15.4. The molecule has 21 heavy (non-hydrogen) atoms. The molecule has 1 unspecified atom stereocenters. The number of nitrogens with zero attached hydrogens (tertiary/aromatic N) is 4. The Kier molecular flexibility index (Phi) is 4.73. The van der Waals surface area contributed by atoms with Gasteiger partial charge in [0.25, 0.3) is 0 Å². The SMILES string of the molecule is CCC(COC)NC(=O)N1CC(n2cc(C(=O)O)nn2)C1. The van der Waals surface area contributed by atoms with E-state index in [1.165, 1.54) is 10.9 Å². The van der Waals surface area contributed by atoms with Gasteiger partial charge in [0.05, 0.1) is 24.9 Å². The van der Waals surface area contributed by atoms with Crippen LogP contribution in [0.2, 0.25) is 0 Å². The Bertz CT molecular complexity index is 512. The normalized spacial score (nSPS) is 16.4. The largest absolute Gasteiger partial charge is 0.476 e. The number of carbonyl (C=O) groups excluding carboxylic acids is 1. The number of amides is 2. The van der Waals surface area contributed by atoms with E-state index in [-0.39, 0.29) is 23.8 Å². The molecule has 1 atom stereocenters. The van der Waals surface area contributed by atoms with Crippen molar-refractivity contribution in [2.45, 2.75) is 25.4 Å². The summed E-state index contributed by atoms with van der Waals surface area (Å²) in [5.74, 6) is -1.11. The van der Waals surface area contributed by atoms with Crippen molar-refractivity contribution in [3.63, 3.8) is 0 Å². The van der Waals surface area contributed by atoms with E-state index in [0.29, 0.717) is 19.7 Å². The number of aromatic carboxylic acids is 1. The molecule has 9 heteroatoms. The maximum absolute atomic E-state index is 12.0. The van der Waals surface area contributed by atoms with E-state index in [1.54, 1.807) is 12.0 Å². The lowest BCUT2D eigenvalue weighted by molar-refractivity contribution is 0.0690. The molecule has 0 bridgehead atoms. The third kappa shape index (κ3) is 3.48. The van der Waals surface area contributed by atoms with Gasteiger partial charge >= 0.3 is 12.0 Å². The fourth-order valence-corrected chi connectivity index (χ4v) is 2.07. The molecule has 0 aliphatic carbocycles. The van der Waals surface area contributed by atoms with E-state index in [0.717, 1.165) is 6.42 Å². The first-order valence-electron chi connectivity index (χ1n) is 6.74. The van der Waals surface area contributed by atoms with Crippen molar-refractivity contribution in [3.05, 3.63) is 11.9 Å². The Morgan fingerprint density at radius 2 is 2.29 bits per heavy atom. The third-order valence-corrected chi connectivity index (χ3v) is 3.44. The van der Waals surface area contributed by atoms with E-state index >= 15 is 0 Å². The number of carbonyl (C=O) groups is 2. The molecule has 1 aromatic rings. The van der Waals surface area contributed by atoms with Crippen LogP contribution in [0.25, 0.3) is 0 Å². The lowest BCUT2D eigenvalue weighted by Crippen LogP contribution is -2.56. The summed E-state index contributed by atoms with van der Waals surface area (Å²) >= 11 is 0. The maximum Gasteiger partial charge on any atom is 0.358 e. The van der Waals surface area contributed by atoms with E-state index in [4.69, 9.17) is 9.84 Å². The predicted molar refractivity (Wildman–Crippen MR) is 72.1 cm³/mol. The molecular formula is C12H19N5O4. The fraction of sp³-hybridized carbons (Fsp3) is 0.667. The number of aromatic nitrogens is 3. The number of urea groups is 1. The van der Waals surface area contributed by atoms with Crippen LogP contribution in [-0.2, 0) is 4.74 Å². The van der Waals surface area contributed by atoms with Gasteiger partial charge in [-0.15, -0.1) is 5.10 Å². The molecular weight excluding hydrogens is 278 g/mol. The quantitative estimate of drug-likeness (QED) is 0.763. The van der Waals surface area contributed by atoms with Gasteiger partial charge in [0.1, 0.15) is 0 Å². The average molecular weight is 297 g/mol. The number of nitrogens with one attached hydrogen (secondary N) is 1. The minimum atomic E-state index is -1.11.